The van der Waals surface area contributed by atoms with E-state index in [4.69, 9.17) is 5.73 Å². The second kappa shape index (κ2) is 4.39. The molecule has 0 bridgehead atoms. The van der Waals surface area contributed by atoms with Gasteiger partial charge < -0.3 is 5.73 Å². The highest BCUT2D eigenvalue weighted by Crippen LogP contribution is 2.40. The summed E-state index contributed by atoms with van der Waals surface area (Å²) in [5, 5.41) is 0. The van der Waals surface area contributed by atoms with Gasteiger partial charge in [-0.25, -0.2) is 0 Å². The lowest BCUT2D eigenvalue weighted by atomic mass is 9.74. The molecule has 2 N–H and O–H groups in total. The summed E-state index contributed by atoms with van der Waals surface area (Å²) in [5.74, 6) is -0.301. The minimum atomic E-state index is -4.49. The molecule has 0 spiro atoms. The van der Waals surface area contributed by atoms with Gasteiger partial charge in [-0.15, -0.1) is 0 Å². The summed E-state index contributed by atoms with van der Waals surface area (Å²) in [6.07, 6.45) is -2.58. The molecule has 1 unspecified atom stereocenters. The molecule has 0 heterocycles. The third-order valence-corrected chi connectivity index (χ3v) is 3.44. The first-order valence-corrected chi connectivity index (χ1v) is 5.84. The predicted octanol–water partition coefficient (Wildman–Crippen LogP) is 3.00. The van der Waals surface area contributed by atoms with E-state index in [1.807, 2.05) is 0 Å². The van der Waals surface area contributed by atoms with Crippen LogP contribution < -0.4 is 5.73 Å². The van der Waals surface area contributed by atoms with Crippen LogP contribution in [0, 0.1) is 0 Å². The van der Waals surface area contributed by atoms with E-state index in [1.54, 1.807) is 0 Å². The van der Waals surface area contributed by atoms with Crippen molar-refractivity contribution in [2.24, 2.45) is 5.73 Å². The Balaban J connectivity index is 2.53. The number of alkyl halides is 3. The Morgan fingerprint density at radius 1 is 1.17 bits per heavy atom. The van der Waals surface area contributed by atoms with Gasteiger partial charge in [0.05, 0.1) is 5.56 Å². The van der Waals surface area contributed by atoms with Crippen LogP contribution in [0.2, 0.25) is 0 Å². The monoisotopic (exact) mass is 257 g/mol. The predicted molar refractivity (Wildman–Crippen MR) is 60.8 cm³/mol. The Hall–Kier alpha value is -1.36. The molecule has 0 aromatic heterocycles. The molecule has 1 aliphatic carbocycles. The van der Waals surface area contributed by atoms with E-state index < -0.39 is 17.3 Å². The normalized spacial score (nSPS) is 25.2. The van der Waals surface area contributed by atoms with Crippen LogP contribution in [0.15, 0.2) is 24.3 Å². The second-order valence-electron chi connectivity index (χ2n) is 4.64. The zero-order valence-electron chi connectivity index (χ0n) is 9.76. The van der Waals surface area contributed by atoms with Crippen molar-refractivity contribution >= 4 is 5.78 Å². The highest BCUT2D eigenvalue weighted by atomic mass is 19.4. The summed E-state index contributed by atoms with van der Waals surface area (Å²) >= 11 is 0. The first-order chi connectivity index (χ1) is 8.36. The van der Waals surface area contributed by atoms with Crippen molar-refractivity contribution in [2.45, 2.75) is 37.4 Å². The van der Waals surface area contributed by atoms with Gasteiger partial charge in [-0.05, 0) is 24.5 Å². The summed E-state index contributed by atoms with van der Waals surface area (Å²) in [4.78, 5) is 11.9. The molecular formula is C13H14F3NO. The molecule has 5 heteroatoms. The van der Waals surface area contributed by atoms with Gasteiger partial charge in [-0.2, -0.15) is 13.2 Å². The lowest BCUT2D eigenvalue weighted by molar-refractivity contribution is -0.139. The standard InChI is InChI=1S/C13H14F3NO/c14-13(15,16)10-6-2-1-5-9(10)12(17)8-4-3-7-11(12)18/h1-2,5-6H,3-4,7-8,17H2. The van der Waals surface area contributed by atoms with Crippen LogP contribution >= 0.6 is 0 Å². The number of ketones is 1. The van der Waals surface area contributed by atoms with Gasteiger partial charge in [0.1, 0.15) is 5.54 Å². The smallest absolute Gasteiger partial charge is 0.315 e. The van der Waals surface area contributed by atoms with Crippen molar-refractivity contribution in [3.63, 3.8) is 0 Å². The molecule has 2 rings (SSSR count). The van der Waals surface area contributed by atoms with Crippen molar-refractivity contribution in [3.05, 3.63) is 35.4 Å². The van der Waals surface area contributed by atoms with Crippen LogP contribution in [0.4, 0.5) is 13.2 Å². The van der Waals surface area contributed by atoms with Crippen LogP contribution in [0.1, 0.15) is 36.8 Å². The minimum Gasteiger partial charge on any atom is -0.315 e. The number of benzene rings is 1. The fraction of sp³-hybridized carbons (Fsp3) is 0.462. The van der Waals surface area contributed by atoms with E-state index in [-0.39, 0.29) is 24.2 Å². The molecule has 98 valence electrons. The van der Waals surface area contributed by atoms with Crippen LogP contribution in [0.5, 0.6) is 0 Å². The van der Waals surface area contributed by atoms with Gasteiger partial charge in [-0.1, -0.05) is 24.6 Å². The summed E-state index contributed by atoms with van der Waals surface area (Å²) < 4.78 is 38.8. The first-order valence-electron chi connectivity index (χ1n) is 5.84. The number of hydrogen-bond acceptors (Lipinski definition) is 2. The minimum absolute atomic E-state index is 0.0952. The Bertz CT molecular complexity index is 470. The lowest BCUT2D eigenvalue weighted by Gasteiger charge is -2.34. The third-order valence-electron chi connectivity index (χ3n) is 3.44. The molecule has 0 radical (unpaired) electrons. The quantitative estimate of drug-likeness (QED) is 0.840. The lowest BCUT2D eigenvalue weighted by Crippen LogP contribution is -2.48. The maximum absolute atomic E-state index is 12.9. The zero-order chi connectivity index (χ0) is 13.4. The topological polar surface area (TPSA) is 43.1 Å². The van der Waals surface area contributed by atoms with Crippen molar-refractivity contribution in [2.75, 3.05) is 0 Å². The average molecular weight is 257 g/mol. The average Bonchev–Trinajstić information content (AvgIpc) is 2.32. The van der Waals surface area contributed by atoms with E-state index in [2.05, 4.69) is 0 Å². The number of rotatable bonds is 1. The number of hydrogen-bond donors (Lipinski definition) is 1. The number of halogens is 3. The SMILES string of the molecule is NC1(c2ccccc2C(F)(F)F)CCCCC1=O. The number of nitrogens with two attached hydrogens (primary N) is 1. The van der Waals surface area contributed by atoms with Crippen LogP contribution in [0.25, 0.3) is 0 Å². The van der Waals surface area contributed by atoms with Crippen LogP contribution in [0.3, 0.4) is 0 Å². The van der Waals surface area contributed by atoms with Gasteiger partial charge in [0.25, 0.3) is 0 Å². The Morgan fingerprint density at radius 2 is 1.83 bits per heavy atom. The van der Waals surface area contributed by atoms with Crippen LogP contribution in [-0.2, 0) is 16.5 Å². The molecule has 0 amide bonds. The molecular weight excluding hydrogens is 243 g/mol. The molecule has 1 aromatic carbocycles. The first kappa shape index (κ1) is 13.1. The highest BCUT2D eigenvalue weighted by Gasteiger charge is 2.44. The van der Waals surface area contributed by atoms with E-state index in [9.17, 15) is 18.0 Å². The van der Waals surface area contributed by atoms with Crippen molar-refractivity contribution < 1.29 is 18.0 Å². The van der Waals surface area contributed by atoms with Gasteiger partial charge in [-0.3, -0.25) is 4.79 Å². The fourth-order valence-corrected chi connectivity index (χ4v) is 2.46. The summed E-state index contributed by atoms with van der Waals surface area (Å²) in [5.41, 5.74) is 3.59. The number of carbonyl (C=O) groups is 1. The summed E-state index contributed by atoms with van der Waals surface area (Å²) in [6.45, 7) is 0. The molecule has 0 saturated heterocycles. The Kier molecular flexibility index (Phi) is 3.19. The molecule has 18 heavy (non-hydrogen) atoms. The van der Waals surface area contributed by atoms with Crippen LogP contribution in [-0.4, -0.2) is 5.78 Å². The maximum atomic E-state index is 12.9. The van der Waals surface area contributed by atoms with Gasteiger partial charge in [0.15, 0.2) is 5.78 Å². The highest BCUT2D eigenvalue weighted by molar-refractivity contribution is 5.90. The van der Waals surface area contributed by atoms with Crippen molar-refractivity contribution in [1.82, 2.24) is 0 Å². The molecule has 1 atom stereocenters. The molecule has 1 saturated carbocycles. The Labute approximate surface area is 103 Å². The van der Waals surface area contributed by atoms with Gasteiger partial charge in [0.2, 0.25) is 0 Å². The fourth-order valence-electron chi connectivity index (χ4n) is 2.46. The largest absolute Gasteiger partial charge is 0.416 e. The number of Topliss-reactive ketones (excluding diaryl/α,β-unsaturated/α-hetero) is 1. The zero-order valence-corrected chi connectivity index (χ0v) is 9.76. The molecule has 2 nitrogen and oxygen atoms in total. The molecule has 1 aromatic rings. The van der Waals surface area contributed by atoms with E-state index >= 15 is 0 Å². The van der Waals surface area contributed by atoms with Crippen molar-refractivity contribution in [3.8, 4) is 0 Å². The second-order valence-corrected chi connectivity index (χ2v) is 4.64. The number of carbonyl (C=O) groups excluding carboxylic acids is 1. The van der Waals surface area contributed by atoms with Gasteiger partial charge >= 0.3 is 6.18 Å². The molecule has 1 fully saturated rings. The maximum Gasteiger partial charge on any atom is 0.416 e. The van der Waals surface area contributed by atoms with E-state index in [1.165, 1.54) is 18.2 Å². The Morgan fingerprint density at radius 3 is 2.44 bits per heavy atom. The van der Waals surface area contributed by atoms with Crippen molar-refractivity contribution in [1.29, 1.82) is 0 Å². The summed E-state index contributed by atoms with van der Waals surface area (Å²) in [7, 11) is 0. The third kappa shape index (κ3) is 2.14. The van der Waals surface area contributed by atoms with E-state index in [0.717, 1.165) is 6.07 Å². The molecule has 0 aliphatic heterocycles. The van der Waals surface area contributed by atoms with E-state index in [0.29, 0.717) is 12.8 Å². The van der Waals surface area contributed by atoms with Gasteiger partial charge in [0, 0.05) is 6.42 Å². The molecule has 1 aliphatic rings. The summed E-state index contributed by atoms with van der Waals surface area (Å²) in [6, 6.07) is 5.09.